The molecule has 0 N–H and O–H groups in total. The van der Waals surface area contributed by atoms with E-state index in [0.717, 1.165) is 44.2 Å². The summed E-state index contributed by atoms with van der Waals surface area (Å²) in [5, 5.41) is 0. The number of benzene rings is 1. The maximum absolute atomic E-state index is 13.4. The van der Waals surface area contributed by atoms with Gasteiger partial charge in [0.2, 0.25) is 5.91 Å². The van der Waals surface area contributed by atoms with Gasteiger partial charge in [-0.25, -0.2) is 0 Å². The van der Waals surface area contributed by atoms with Crippen LogP contribution in [0.15, 0.2) is 42.6 Å². The normalized spacial score (nSPS) is 11.9. The first kappa shape index (κ1) is 25.7. The molecule has 1 heterocycles. The van der Waals surface area contributed by atoms with Crippen LogP contribution in [0, 0.1) is 0 Å². The van der Waals surface area contributed by atoms with Crippen LogP contribution >= 0.6 is 0 Å². The van der Waals surface area contributed by atoms with Crippen LogP contribution in [-0.2, 0) is 24.8 Å². The highest BCUT2D eigenvalue weighted by atomic mass is 16.2. The van der Waals surface area contributed by atoms with Gasteiger partial charge in [-0.2, -0.15) is 0 Å². The Morgan fingerprint density at radius 1 is 1.00 bits per heavy atom. The lowest BCUT2D eigenvalue weighted by Gasteiger charge is -2.31. The Balaban J connectivity index is 2.16. The first-order valence-electron chi connectivity index (χ1n) is 12.2. The van der Waals surface area contributed by atoms with Crippen molar-refractivity contribution in [1.82, 2.24) is 14.4 Å². The molecule has 1 unspecified atom stereocenters. The summed E-state index contributed by atoms with van der Waals surface area (Å²) in [6.07, 6.45) is 8.11. The van der Waals surface area contributed by atoms with Gasteiger partial charge >= 0.3 is 0 Å². The van der Waals surface area contributed by atoms with Gasteiger partial charge in [0.15, 0.2) is 0 Å². The predicted molar refractivity (Wildman–Crippen MR) is 132 cm³/mol. The maximum atomic E-state index is 13.4. The number of unbranched alkanes of at least 4 members (excludes halogenated alkanes) is 2. The maximum Gasteiger partial charge on any atom is 0.254 e. The fourth-order valence-electron chi connectivity index (χ4n) is 3.75. The Hall–Kier alpha value is -2.56. The summed E-state index contributed by atoms with van der Waals surface area (Å²) in [4.78, 5) is 30.4. The van der Waals surface area contributed by atoms with Crippen molar-refractivity contribution in [2.24, 2.45) is 7.05 Å². The molecule has 0 spiro atoms. The van der Waals surface area contributed by atoms with Crippen LogP contribution < -0.4 is 0 Å². The Bertz CT molecular complexity index is 841. The van der Waals surface area contributed by atoms with E-state index in [1.807, 2.05) is 66.0 Å². The number of hydrogen-bond donors (Lipinski definition) is 0. The minimum Gasteiger partial charge on any atom is -0.353 e. The smallest absolute Gasteiger partial charge is 0.254 e. The highest BCUT2D eigenvalue weighted by Crippen LogP contribution is 2.15. The molecule has 32 heavy (non-hydrogen) atoms. The van der Waals surface area contributed by atoms with E-state index in [1.54, 1.807) is 4.90 Å². The number of carbonyl (C=O) groups is 2. The molecule has 2 amide bonds. The molecule has 0 radical (unpaired) electrons. The number of aryl methyl sites for hydroxylation is 2. The van der Waals surface area contributed by atoms with E-state index in [-0.39, 0.29) is 24.4 Å². The molecule has 0 bridgehead atoms. The van der Waals surface area contributed by atoms with Gasteiger partial charge in [-0.05, 0) is 62.4 Å². The van der Waals surface area contributed by atoms with E-state index in [2.05, 4.69) is 20.8 Å². The average Bonchev–Trinajstić information content (AvgIpc) is 3.22. The summed E-state index contributed by atoms with van der Waals surface area (Å²) in [6, 6.07) is 11.9. The number of hydrogen-bond acceptors (Lipinski definition) is 2. The fourth-order valence-corrected chi connectivity index (χ4v) is 3.75. The van der Waals surface area contributed by atoms with Gasteiger partial charge in [-0.1, -0.05) is 45.7 Å². The van der Waals surface area contributed by atoms with E-state index in [1.165, 1.54) is 5.56 Å². The van der Waals surface area contributed by atoms with E-state index in [0.29, 0.717) is 18.7 Å². The summed E-state index contributed by atoms with van der Waals surface area (Å²) >= 11 is 0. The van der Waals surface area contributed by atoms with Crippen molar-refractivity contribution >= 4 is 11.8 Å². The average molecular weight is 440 g/mol. The third kappa shape index (κ3) is 7.25. The monoisotopic (exact) mass is 439 g/mol. The summed E-state index contributed by atoms with van der Waals surface area (Å²) in [6.45, 7) is 9.77. The first-order chi connectivity index (χ1) is 15.4. The predicted octanol–water partition coefficient (Wildman–Crippen LogP) is 5.44. The van der Waals surface area contributed by atoms with Crippen LogP contribution in [0.5, 0.6) is 0 Å². The summed E-state index contributed by atoms with van der Waals surface area (Å²) < 4.78 is 2.05. The molecule has 176 valence electrons. The number of carbonyl (C=O) groups excluding carboxylic acids is 2. The molecular formula is C27H41N3O2. The van der Waals surface area contributed by atoms with Gasteiger partial charge in [-0.3, -0.25) is 9.59 Å². The summed E-state index contributed by atoms with van der Waals surface area (Å²) in [5.41, 5.74) is 3.00. The second-order valence-corrected chi connectivity index (χ2v) is 8.77. The summed E-state index contributed by atoms with van der Waals surface area (Å²) in [5.74, 6) is -0.0584. The molecule has 1 aromatic carbocycles. The highest BCUT2D eigenvalue weighted by Gasteiger charge is 2.26. The lowest BCUT2D eigenvalue weighted by Crippen LogP contribution is -2.46. The molecule has 1 aromatic heterocycles. The van der Waals surface area contributed by atoms with Crippen molar-refractivity contribution in [1.29, 1.82) is 0 Å². The van der Waals surface area contributed by atoms with Crippen molar-refractivity contribution in [2.75, 3.05) is 13.1 Å². The highest BCUT2D eigenvalue weighted by molar-refractivity contribution is 5.96. The van der Waals surface area contributed by atoms with Crippen LogP contribution in [0.4, 0.5) is 0 Å². The Morgan fingerprint density at radius 2 is 1.69 bits per heavy atom. The molecular weight excluding hydrogens is 398 g/mol. The van der Waals surface area contributed by atoms with Gasteiger partial charge in [0.25, 0.3) is 5.91 Å². The molecule has 5 heteroatoms. The topological polar surface area (TPSA) is 45.6 Å². The quantitative estimate of drug-likeness (QED) is 0.417. The molecule has 2 rings (SSSR count). The third-order valence-corrected chi connectivity index (χ3v) is 6.25. The molecule has 0 fully saturated rings. The zero-order chi connectivity index (χ0) is 23.5. The van der Waals surface area contributed by atoms with Crippen molar-refractivity contribution in [3.8, 4) is 0 Å². The second-order valence-electron chi connectivity index (χ2n) is 8.77. The standard InChI is InChI=1S/C27H41N3O2/c1-6-9-12-23-14-16-24(17-15-23)27(32)30(22(4)8-3)21-26(31)29(19-10-7-2)20-25-13-11-18-28(25)5/h11,13-18,22H,6-10,12,19-21H2,1-5H3. The van der Waals surface area contributed by atoms with Gasteiger partial charge in [0.1, 0.15) is 6.54 Å². The number of aromatic nitrogens is 1. The number of nitrogens with zero attached hydrogens (tertiary/aromatic N) is 3. The minimum atomic E-state index is -0.0657. The van der Waals surface area contributed by atoms with Crippen LogP contribution in [0.3, 0.4) is 0 Å². The largest absolute Gasteiger partial charge is 0.353 e. The lowest BCUT2D eigenvalue weighted by atomic mass is 10.0. The minimum absolute atomic E-state index is 0.00530. The van der Waals surface area contributed by atoms with Gasteiger partial charge in [0, 0.05) is 37.1 Å². The summed E-state index contributed by atoms with van der Waals surface area (Å²) in [7, 11) is 2.00. The van der Waals surface area contributed by atoms with E-state index >= 15 is 0 Å². The van der Waals surface area contributed by atoms with E-state index < -0.39 is 0 Å². The van der Waals surface area contributed by atoms with Gasteiger partial charge < -0.3 is 14.4 Å². The van der Waals surface area contributed by atoms with Crippen molar-refractivity contribution in [3.05, 3.63) is 59.4 Å². The molecule has 5 nitrogen and oxygen atoms in total. The number of rotatable bonds is 13. The van der Waals surface area contributed by atoms with E-state index in [4.69, 9.17) is 0 Å². The van der Waals surface area contributed by atoms with Crippen molar-refractivity contribution in [3.63, 3.8) is 0 Å². The molecule has 0 aliphatic rings. The van der Waals surface area contributed by atoms with Crippen LogP contribution in [0.2, 0.25) is 0 Å². The van der Waals surface area contributed by atoms with Crippen LogP contribution in [0.25, 0.3) is 0 Å². The molecule has 0 saturated carbocycles. The Morgan fingerprint density at radius 3 is 2.25 bits per heavy atom. The first-order valence-corrected chi connectivity index (χ1v) is 12.2. The Kier molecular flexibility index (Phi) is 10.5. The SMILES string of the molecule is CCCCc1ccc(C(=O)N(CC(=O)N(CCCC)Cc2cccn2C)C(C)CC)cc1. The zero-order valence-corrected chi connectivity index (χ0v) is 20.6. The molecule has 1 atom stereocenters. The lowest BCUT2D eigenvalue weighted by molar-refractivity contribution is -0.133. The second kappa shape index (κ2) is 13.1. The van der Waals surface area contributed by atoms with Crippen molar-refractivity contribution < 1.29 is 9.59 Å². The van der Waals surface area contributed by atoms with Crippen LogP contribution in [-0.4, -0.2) is 45.3 Å². The number of amides is 2. The molecule has 0 aliphatic carbocycles. The molecule has 0 aliphatic heterocycles. The van der Waals surface area contributed by atoms with E-state index in [9.17, 15) is 9.59 Å². The van der Waals surface area contributed by atoms with Crippen molar-refractivity contribution in [2.45, 2.75) is 78.8 Å². The zero-order valence-electron chi connectivity index (χ0n) is 20.6. The fraction of sp³-hybridized carbons (Fsp3) is 0.556. The van der Waals surface area contributed by atoms with Gasteiger partial charge in [0.05, 0.1) is 6.54 Å². The molecule has 0 saturated heterocycles. The third-order valence-electron chi connectivity index (χ3n) is 6.25. The van der Waals surface area contributed by atoms with Crippen LogP contribution in [0.1, 0.15) is 81.4 Å². The molecule has 2 aromatic rings. The van der Waals surface area contributed by atoms with Gasteiger partial charge in [-0.15, -0.1) is 0 Å². The Labute approximate surface area is 194 Å².